The second-order valence-electron chi connectivity index (χ2n) is 8.37. The smallest absolute Gasteiger partial charge is 0.410 e. The summed E-state index contributed by atoms with van der Waals surface area (Å²) < 4.78 is 11.7. The SMILES string of the molecule is CC(C)(C)OC(=O)N1CCC[C@@H]1COc1ccccc1CCc1ccccc1. The van der Waals surface area contributed by atoms with Gasteiger partial charge in [-0.2, -0.15) is 0 Å². The van der Waals surface area contributed by atoms with Crippen LogP contribution in [0.5, 0.6) is 5.75 Å². The van der Waals surface area contributed by atoms with E-state index in [9.17, 15) is 4.79 Å². The molecule has 2 aromatic carbocycles. The van der Waals surface area contributed by atoms with Gasteiger partial charge in [0.05, 0.1) is 6.04 Å². The molecule has 4 heteroatoms. The van der Waals surface area contributed by atoms with Crippen LogP contribution in [-0.2, 0) is 17.6 Å². The number of para-hydroxylation sites is 1. The van der Waals surface area contributed by atoms with Gasteiger partial charge in [-0.05, 0) is 63.6 Å². The first-order chi connectivity index (χ1) is 13.4. The van der Waals surface area contributed by atoms with Gasteiger partial charge in [0.1, 0.15) is 18.0 Å². The summed E-state index contributed by atoms with van der Waals surface area (Å²) in [5.41, 5.74) is 2.05. The highest BCUT2D eigenvalue weighted by Gasteiger charge is 2.32. The average molecular weight is 382 g/mol. The van der Waals surface area contributed by atoms with E-state index in [0.717, 1.165) is 38.0 Å². The van der Waals surface area contributed by atoms with E-state index in [-0.39, 0.29) is 12.1 Å². The average Bonchev–Trinajstić information content (AvgIpc) is 3.14. The molecule has 0 spiro atoms. The molecule has 1 atom stereocenters. The van der Waals surface area contributed by atoms with Crippen molar-refractivity contribution in [3.8, 4) is 5.75 Å². The second kappa shape index (κ2) is 9.13. The quantitative estimate of drug-likeness (QED) is 0.686. The molecule has 0 unspecified atom stereocenters. The van der Waals surface area contributed by atoms with Gasteiger partial charge in [-0.25, -0.2) is 4.79 Å². The molecule has 0 bridgehead atoms. The Morgan fingerprint density at radius 2 is 1.75 bits per heavy atom. The summed E-state index contributed by atoms with van der Waals surface area (Å²) in [6, 6.07) is 18.8. The molecule has 0 saturated carbocycles. The molecule has 4 nitrogen and oxygen atoms in total. The van der Waals surface area contributed by atoms with Gasteiger partial charge in [0.25, 0.3) is 0 Å². The monoisotopic (exact) mass is 381 g/mol. The largest absolute Gasteiger partial charge is 0.491 e. The number of likely N-dealkylation sites (tertiary alicyclic amines) is 1. The highest BCUT2D eigenvalue weighted by Crippen LogP contribution is 2.24. The molecule has 2 aromatic rings. The molecule has 1 fully saturated rings. The van der Waals surface area contributed by atoms with E-state index in [0.29, 0.717) is 6.61 Å². The third-order valence-corrected chi connectivity index (χ3v) is 4.93. The molecule has 28 heavy (non-hydrogen) atoms. The molecule has 1 amide bonds. The van der Waals surface area contributed by atoms with E-state index < -0.39 is 5.60 Å². The minimum Gasteiger partial charge on any atom is -0.491 e. The standard InChI is InChI=1S/C24H31NO3/c1-24(2,3)28-23(26)25-17-9-13-21(25)18-27-22-14-8-7-12-20(22)16-15-19-10-5-4-6-11-19/h4-8,10-12,14,21H,9,13,15-18H2,1-3H3/t21-/m1/s1. The van der Waals surface area contributed by atoms with Crippen LogP contribution >= 0.6 is 0 Å². The van der Waals surface area contributed by atoms with Crippen LogP contribution in [0, 0.1) is 0 Å². The fraction of sp³-hybridized carbons (Fsp3) is 0.458. The molecular weight excluding hydrogens is 350 g/mol. The minimum absolute atomic E-state index is 0.0667. The van der Waals surface area contributed by atoms with Gasteiger partial charge in [-0.3, -0.25) is 0 Å². The first-order valence-electron chi connectivity index (χ1n) is 10.2. The Balaban J connectivity index is 1.59. The van der Waals surface area contributed by atoms with Crippen LogP contribution in [-0.4, -0.2) is 35.8 Å². The predicted octanol–water partition coefficient (Wildman–Crippen LogP) is 5.25. The van der Waals surface area contributed by atoms with E-state index >= 15 is 0 Å². The Morgan fingerprint density at radius 3 is 2.50 bits per heavy atom. The number of amides is 1. The topological polar surface area (TPSA) is 38.8 Å². The maximum Gasteiger partial charge on any atom is 0.410 e. The summed E-state index contributed by atoms with van der Waals surface area (Å²) in [7, 11) is 0. The van der Waals surface area contributed by atoms with Gasteiger partial charge in [0.15, 0.2) is 0 Å². The van der Waals surface area contributed by atoms with Crippen molar-refractivity contribution in [2.45, 2.75) is 58.1 Å². The lowest BCUT2D eigenvalue weighted by atomic mass is 10.0. The fourth-order valence-corrected chi connectivity index (χ4v) is 3.53. The third-order valence-electron chi connectivity index (χ3n) is 4.93. The summed E-state index contributed by atoms with van der Waals surface area (Å²) in [5, 5.41) is 0. The van der Waals surface area contributed by atoms with Crippen LogP contribution in [0.1, 0.15) is 44.7 Å². The maximum absolute atomic E-state index is 12.5. The van der Waals surface area contributed by atoms with Gasteiger partial charge in [0.2, 0.25) is 0 Å². The highest BCUT2D eigenvalue weighted by atomic mass is 16.6. The zero-order valence-electron chi connectivity index (χ0n) is 17.2. The number of carbonyl (C=O) groups is 1. The van der Waals surface area contributed by atoms with Crippen molar-refractivity contribution in [3.05, 3.63) is 65.7 Å². The van der Waals surface area contributed by atoms with E-state index in [1.807, 2.05) is 43.9 Å². The Morgan fingerprint density at radius 1 is 1.04 bits per heavy atom. The zero-order chi connectivity index (χ0) is 20.0. The van der Waals surface area contributed by atoms with E-state index in [2.05, 4.69) is 36.4 Å². The molecule has 1 heterocycles. The van der Waals surface area contributed by atoms with Gasteiger partial charge >= 0.3 is 6.09 Å². The van der Waals surface area contributed by atoms with Crippen molar-refractivity contribution in [2.24, 2.45) is 0 Å². The van der Waals surface area contributed by atoms with Crippen LogP contribution in [0.4, 0.5) is 4.79 Å². The van der Waals surface area contributed by atoms with Crippen molar-refractivity contribution in [3.63, 3.8) is 0 Å². The molecule has 1 saturated heterocycles. The fourth-order valence-electron chi connectivity index (χ4n) is 3.53. The first kappa shape index (κ1) is 20.2. The predicted molar refractivity (Wildman–Crippen MR) is 112 cm³/mol. The Kier molecular flexibility index (Phi) is 6.61. The minimum atomic E-state index is -0.477. The van der Waals surface area contributed by atoms with Crippen molar-refractivity contribution in [2.75, 3.05) is 13.2 Å². The van der Waals surface area contributed by atoms with Crippen molar-refractivity contribution in [1.82, 2.24) is 4.90 Å². The zero-order valence-corrected chi connectivity index (χ0v) is 17.2. The van der Waals surface area contributed by atoms with E-state index in [1.54, 1.807) is 0 Å². The Labute approximate surface area is 168 Å². The summed E-state index contributed by atoms with van der Waals surface area (Å²) in [6.45, 7) is 6.93. The number of hydrogen-bond donors (Lipinski definition) is 0. The van der Waals surface area contributed by atoms with Gasteiger partial charge in [0, 0.05) is 6.54 Å². The second-order valence-corrected chi connectivity index (χ2v) is 8.37. The number of hydrogen-bond acceptors (Lipinski definition) is 3. The molecular formula is C24H31NO3. The normalized spacial score (nSPS) is 16.8. The molecule has 150 valence electrons. The van der Waals surface area contributed by atoms with Gasteiger partial charge in [-0.1, -0.05) is 48.5 Å². The first-order valence-corrected chi connectivity index (χ1v) is 10.2. The number of carbonyl (C=O) groups excluding carboxylic acids is 1. The van der Waals surface area contributed by atoms with Crippen LogP contribution < -0.4 is 4.74 Å². The number of nitrogens with zero attached hydrogens (tertiary/aromatic N) is 1. The summed E-state index contributed by atoms with van der Waals surface area (Å²) in [5.74, 6) is 0.912. The van der Waals surface area contributed by atoms with Crippen LogP contribution in [0.25, 0.3) is 0 Å². The van der Waals surface area contributed by atoms with Gasteiger partial charge in [-0.15, -0.1) is 0 Å². The number of rotatable bonds is 6. The van der Waals surface area contributed by atoms with Gasteiger partial charge < -0.3 is 14.4 Å². The summed E-state index contributed by atoms with van der Waals surface area (Å²) >= 11 is 0. The number of benzene rings is 2. The lowest BCUT2D eigenvalue weighted by Gasteiger charge is -2.28. The molecule has 0 aromatic heterocycles. The Bertz CT molecular complexity index is 767. The van der Waals surface area contributed by atoms with Crippen molar-refractivity contribution in [1.29, 1.82) is 0 Å². The highest BCUT2D eigenvalue weighted by molar-refractivity contribution is 5.69. The van der Waals surface area contributed by atoms with Crippen LogP contribution in [0.3, 0.4) is 0 Å². The molecule has 1 aliphatic heterocycles. The lowest BCUT2D eigenvalue weighted by Crippen LogP contribution is -2.42. The summed E-state index contributed by atoms with van der Waals surface area (Å²) in [6.07, 6.45) is 3.61. The van der Waals surface area contributed by atoms with E-state index in [4.69, 9.17) is 9.47 Å². The summed E-state index contributed by atoms with van der Waals surface area (Å²) in [4.78, 5) is 14.3. The van der Waals surface area contributed by atoms with Crippen LogP contribution in [0.2, 0.25) is 0 Å². The molecule has 0 aliphatic carbocycles. The maximum atomic E-state index is 12.5. The molecule has 0 radical (unpaired) electrons. The number of aryl methyl sites for hydroxylation is 2. The number of ether oxygens (including phenoxy) is 2. The van der Waals surface area contributed by atoms with Crippen molar-refractivity contribution >= 4 is 6.09 Å². The van der Waals surface area contributed by atoms with E-state index in [1.165, 1.54) is 11.1 Å². The lowest BCUT2D eigenvalue weighted by molar-refractivity contribution is 0.0187. The molecule has 0 N–H and O–H groups in total. The Hall–Kier alpha value is -2.49. The van der Waals surface area contributed by atoms with Crippen LogP contribution in [0.15, 0.2) is 54.6 Å². The van der Waals surface area contributed by atoms with Crippen molar-refractivity contribution < 1.29 is 14.3 Å². The molecule has 1 aliphatic rings. The third kappa shape index (κ3) is 5.75. The molecule has 3 rings (SSSR count).